The van der Waals surface area contributed by atoms with Crippen molar-refractivity contribution in [2.75, 3.05) is 26.5 Å². The van der Waals surface area contributed by atoms with E-state index in [0.717, 1.165) is 39.1 Å². The van der Waals surface area contributed by atoms with Gasteiger partial charge in [-0.15, -0.1) is 0 Å². The minimum Gasteiger partial charge on any atom is -0.497 e. The van der Waals surface area contributed by atoms with Gasteiger partial charge in [0.25, 0.3) is 0 Å². The van der Waals surface area contributed by atoms with Gasteiger partial charge in [-0.05, 0) is 61.1 Å². The Bertz CT molecular complexity index is 1200. The smallest absolute Gasteiger partial charge is 0.341 e. The van der Waals surface area contributed by atoms with Gasteiger partial charge in [0.15, 0.2) is 0 Å². The average molecular weight is 511 g/mol. The molecule has 0 atom stereocenters. The number of anilines is 1. The zero-order valence-corrected chi connectivity index (χ0v) is 22.0. The van der Waals surface area contributed by atoms with Crippen LogP contribution in [-0.4, -0.2) is 49.2 Å². The Hall–Kier alpha value is -3.85. The van der Waals surface area contributed by atoms with E-state index in [0.29, 0.717) is 30.7 Å². The Morgan fingerprint density at radius 3 is 2.46 bits per heavy atom. The Balaban J connectivity index is 2.00. The highest BCUT2D eigenvalue weighted by atomic mass is 16.5. The van der Waals surface area contributed by atoms with Crippen LogP contribution in [0.4, 0.5) is 10.5 Å². The molecule has 2 amide bonds. The van der Waals surface area contributed by atoms with Crippen LogP contribution >= 0.6 is 0 Å². The first-order chi connectivity index (χ1) is 17.6. The maximum atomic E-state index is 12.7. The number of esters is 1. The van der Waals surface area contributed by atoms with Gasteiger partial charge in [-0.2, -0.15) is 0 Å². The number of aliphatic carboxylic acids is 1. The Labute approximate surface area is 217 Å². The largest absolute Gasteiger partial charge is 0.497 e. The van der Waals surface area contributed by atoms with E-state index in [1.54, 1.807) is 21.2 Å². The van der Waals surface area contributed by atoms with Crippen LogP contribution in [0.2, 0.25) is 0 Å². The van der Waals surface area contributed by atoms with Crippen molar-refractivity contribution in [2.45, 2.75) is 52.9 Å². The molecule has 9 heteroatoms. The number of nitrogens with zero attached hydrogens (tertiary/aromatic N) is 1. The number of carbonyl (C=O) groups excluding carboxylic acids is 2. The summed E-state index contributed by atoms with van der Waals surface area (Å²) in [7, 11) is 4.86. The fourth-order valence-corrected chi connectivity index (χ4v) is 4.12. The van der Waals surface area contributed by atoms with Crippen molar-refractivity contribution >= 4 is 23.7 Å². The first kappa shape index (κ1) is 27.7. The first-order valence-corrected chi connectivity index (χ1v) is 12.0. The number of cyclic esters (lactones) is 1. The molecule has 3 rings (SSSR count). The van der Waals surface area contributed by atoms with E-state index in [4.69, 9.17) is 19.3 Å². The number of carboxylic acid groups (broad SMARTS) is 1. The quantitative estimate of drug-likeness (QED) is 0.328. The number of carbonyl (C=O) groups is 3. The maximum absolute atomic E-state index is 12.7. The zero-order valence-electron chi connectivity index (χ0n) is 22.0. The van der Waals surface area contributed by atoms with Gasteiger partial charge in [0.05, 0.1) is 31.6 Å². The molecule has 0 fully saturated rings. The van der Waals surface area contributed by atoms with Crippen molar-refractivity contribution in [1.82, 2.24) is 4.90 Å². The molecule has 0 radical (unpaired) electrons. The predicted molar refractivity (Wildman–Crippen MR) is 139 cm³/mol. The van der Waals surface area contributed by atoms with Crippen molar-refractivity contribution in [2.24, 2.45) is 0 Å². The number of urea groups is 1. The molecule has 0 bridgehead atoms. The number of hydrogen-bond acceptors (Lipinski definition) is 6. The molecule has 0 saturated heterocycles. The fraction of sp³-hybridized carbons (Fsp3) is 0.393. The number of nitrogens with one attached hydrogen (secondary N) is 1. The highest BCUT2D eigenvalue weighted by Gasteiger charge is 2.32. The molecule has 1 heterocycles. The Kier molecular flexibility index (Phi) is 9.30. The van der Waals surface area contributed by atoms with Crippen LogP contribution in [0.5, 0.6) is 5.75 Å². The van der Waals surface area contributed by atoms with Crippen LogP contribution in [-0.2, 0) is 40.5 Å². The molecule has 0 spiro atoms. The lowest BCUT2D eigenvalue weighted by Gasteiger charge is -2.22. The minimum absolute atomic E-state index is 0.0277. The lowest BCUT2D eigenvalue weighted by molar-refractivity contribution is -0.136. The van der Waals surface area contributed by atoms with Crippen LogP contribution < -0.4 is 10.1 Å². The molecule has 198 valence electrons. The summed E-state index contributed by atoms with van der Waals surface area (Å²) in [6, 6.07) is 7.22. The van der Waals surface area contributed by atoms with Crippen LogP contribution in [0, 0.1) is 6.92 Å². The van der Waals surface area contributed by atoms with Crippen molar-refractivity contribution in [3.05, 3.63) is 69.3 Å². The number of hydrogen-bond donors (Lipinski definition) is 2. The molecule has 2 aromatic rings. The summed E-state index contributed by atoms with van der Waals surface area (Å²) >= 11 is 0. The van der Waals surface area contributed by atoms with E-state index in [1.807, 2.05) is 44.2 Å². The van der Waals surface area contributed by atoms with Crippen LogP contribution in [0.1, 0.15) is 57.9 Å². The number of allylic oxidation sites excluding steroid dienone is 2. The zero-order chi connectivity index (χ0) is 27.1. The summed E-state index contributed by atoms with van der Waals surface area (Å²) in [4.78, 5) is 37.8. The van der Waals surface area contributed by atoms with Crippen molar-refractivity contribution in [3.8, 4) is 5.75 Å². The summed E-state index contributed by atoms with van der Waals surface area (Å²) in [6.45, 7) is 4.54. The number of fused-ring (bicyclic) bond motifs is 1. The molecular formula is C28H34N2O7. The summed E-state index contributed by atoms with van der Waals surface area (Å²) < 4.78 is 16.6. The second-order valence-electron chi connectivity index (χ2n) is 9.20. The normalized spacial score (nSPS) is 12.7. The lowest BCUT2D eigenvalue weighted by atomic mass is 9.89. The molecular weight excluding hydrogens is 476 g/mol. The summed E-state index contributed by atoms with van der Waals surface area (Å²) in [6.07, 6.45) is 2.75. The third-order valence-electron chi connectivity index (χ3n) is 6.38. The van der Waals surface area contributed by atoms with E-state index >= 15 is 0 Å². The van der Waals surface area contributed by atoms with Gasteiger partial charge in [-0.25, -0.2) is 9.59 Å². The first-order valence-electron chi connectivity index (χ1n) is 12.0. The van der Waals surface area contributed by atoms with Gasteiger partial charge < -0.3 is 29.5 Å². The maximum Gasteiger partial charge on any atom is 0.341 e. The molecule has 9 nitrogen and oxygen atoms in total. The van der Waals surface area contributed by atoms with Gasteiger partial charge in [0.1, 0.15) is 12.4 Å². The number of carboxylic acids is 1. The molecule has 0 aromatic heterocycles. The molecule has 2 aromatic carbocycles. The fourth-order valence-electron chi connectivity index (χ4n) is 4.12. The van der Waals surface area contributed by atoms with Gasteiger partial charge >= 0.3 is 18.0 Å². The molecule has 2 N–H and O–H groups in total. The van der Waals surface area contributed by atoms with Gasteiger partial charge in [-0.3, -0.25) is 4.79 Å². The third kappa shape index (κ3) is 6.89. The van der Waals surface area contributed by atoms with Gasteiger partial charge in [0, 0.05) is 26.1 Å². The molecule has 1 aliphatic heterocycles. The van der Waals surface area contributed by atoms with Gasteiger partial charge in [0.2, 0.25) is 0 Å². The molecule has 1 aliphatic rings. The summed E-state index contributed by atoms with van der Waals surface area (Å²) in [5.74, 6) is -0.586. The van der Waals surface area contributed by atoms with E-state index in [2.05, 4.69) is 5.32 Å². The van der Waals surface area contributed by atoms with Gasteiger partial charge in [-0.1, -0.05) is 23.8 Å². The number of rotatable bonds is 11. The summed E-state index contributed by atoms with van der Waals surface area (Å²) in [5.41, 5.74) is 5.87. The monoisotopic (exact) mass is 510 g/mol. The molecule has 37 heavy (non-hydrogen) atoms. The second-order valence-corrected chi connectivity index (χ2v) is 9.20. The lowest BCUT2D eigenvalue weighted by Crippen LogP contribution is -2.29. The minimum atomic E-state index is -0.865. The van der Waals surface area contributed by atoms with Crippen molar-refractivity contribution in [1.29, 1.82) is 0 Å². The number of amides is 2. The SMILES string of the molecule is COc1ccc(COCc2c(C)c3c(c(NC(=O)N(C)C)c2CC=C(C)CCC(=O)O)C(=O)OC3)cc1. The third-order valence-corrected chi connectivity index (χ3v) is 6.38. The molecule has 0 saturated carbocycles. The van der Waals surface area contributed by atoms with Crippen LogP contribution in [0.3, 0.4) is 0 Å². The van der Waals surface area contributed by atoms with Crippen LogP contribution in [0.15, 0.2) is 35.9 Å². The molecule has 0 unspecified atom stereocenters. The summed E-state index contributed by atoms with van der Waals surface area (Å²) in [5, 5.41) is 11.9. The predicted octanol–water partition coefficient (Wildman–Crippen LogP) is 4.84. The average Bonchev–Trinajstić information content (AvgIpc) is 3.26. The highest BCUT2D eigenvalue weighted by molar-refractivity contribution is 6.05. The van der Waals surface area contributed by atoms with E-state index < -0.39 is 11.9 Å². The van der Waals surface area contributed by atoms with E-state index in [9.17, 15) is 14.4 Å². The van der Waals surface area contributed by atoms with Crippen molar-refractivity contribution < 1.29 is 33.7 Å². The Morgan fingerprint density at radius 1 is 1.14 bits per heavy atom. The topological polar surface area (TPSA) is 114 Å². The van der Waals surface area contributed by atoms with E-state index in [1.165, 1.54) is 4.90 Å². The molecule has 0 aliphatic carbocycles. The highest BCUT2D eigenvalue weighted by Crippen LogP contribution is 2.38. The number of methoxy groups -OCH3 is 1. The second kappa shape index (κ2) is 12.4. The van der Waals surface area contributed by atoms with Crippen LogP contribution in [0.25, 0.3) is 0 Å². The Morgan fingerprint density at radius 2 is 1.84 bits per heavy atom. The van der Waals surface area contributed by atoms with E-state index in [-0.39, 0.29) is 25.7 Å². The number of benzene rings is 2. The number of ether oxygens (including phenoxy) is 3. The van der Waals surface area contributed by atoms with Crippen molar-refractivity contribution in [3.63, 3.8) is 0 Å². The standard InChI is InChI=1S/C28H34N2O7/c1-17(7-13-24(31)32)6-12-21-22(15-36-14-19-8-10-20(35-5)11-9-19)18(2)23-16-37-27(33)25(23)26(21)29-28(34)30(3)4/h6,8-11H,7,12-16H2,1-5H3,(H,29,34)(H,31,32).